The number of nitrogens with zero attached hydrogens (tertiary/aromatic N) is 4. The Kier molecular flexibility index (Phi) is 6.12. The molecule has 0 aliphatic carbocycles. The van der Waals surface area contributed by atoms with Crippen LogP contribution in [0.2, 0.25) is 0 Å². The third-order valence-electron chi connectivity index (χ3n) is 3.63. The lowest BCUT2D eigenvalue weighted by Gasteiger charge is -2.14. The van der Waals surface area contributed by atoms with Crippen molar-refractivity contribution < 1.29 is 13.2 Å². The fourth-order valence-corrected chi connectivity index (χ4v) is 1.90. The van der Waals surface area contributed by atoms with E-state index in [9.17, 15) is 13.2 Å². The van der Waals surface area contributed by atoms with E-state index >= 15 is 0 Å². The molecule has 2 aromatic heterocycles. The number of aromatic nitrogens is 4. The summed E-state index contributed by atoms with van der Waals surface area (Å²) in [5, 5.41) is 6.09. The van der Waals surface area contributed by atoms with Crippen LogP contribution in [0.1, 0.15) is 39.8 Å². The number of allylic oxidation sites excluding steroid dienone is 2. The van der Waals surface area contributed by atoms with Crippen LogP contribution in [0.5, 0.6) is 0 Å². The zero-order chi connectivity index (χ0) is 19.3. The number of nitrogens with one attached hydrogen (secondary N) is 2. The molecule has 0 saturated carbocycles. The van der Waals surface area contributed by atoms with Gasteiger partial charge in [0.15, 0.2) is 5.82 Å². The molecule has 9 heteroatoms. The Bertz CT molecular complexity index is 788. The van der Waals surface area contributed by atoms with E-state index in [1.54, 1.807) is 0 Å². The van der Waals surface area contributed by atoms with Crippen molar-refractivity contribution >= 4 is 11.9 Å². The predicted octanol–water partition coefficient (Wildman–Crippen LogP) is 4.50. The van der Waals surface area contributed by atoms with E-state index in [2.05, 4.69) is 30.6 Å². The molecular weight excluding hydrogens is 345 g/mol. The van der Waals surface area contributed by atoms with Gasteiger partial charge in [-0.2, -0.15) is 28.1 Å². The normalized spacial score (nSPS) is 13.4. The Morgan fingerprint density at radius 2 is 1.85 bits per heavy atom. The van der Waals surface area contributed by atoms with Crippen molar-refractivity contribution in [3.05, 3.63) is 35.7 Å². The number of rotatable bonds is 6. The molecule has 2 rings (SSSR count). The first-order valence-electron chi connectivity index (χ1n) is 8.20. The number of anilines is 2. The summed E-state index contributed by atoms with van der Waals surface area (Å²) in [6, 6.07) is 3.72. The molecule has 0 aliphatic heterocycles. The van der Waals surface area contributed by atoms with Crippen LogP contribution < -0.4 is 10.6 Å². The molecule has 0 amide bonds. The molecule has 0 bridgehead atoms. The first kappa shape index (κ1) is 19.6. The average Bonchev–Trinajstić information content (AvgIpc) is 2.60. The quantitative estimate of drug-likeness (QED) is 0.784. The summed E-state index contributed by atoms with van der Waals surface area (Å²) in [6.45, 7) is 7.62. The zero-order valence-electron chi connectivity index (χ0n) is 15.0. The van der Waals surface area contributed by atoms with Gasteiger partial charge in [-0.05, 0) is 39.3 Å². The predicted molar refractivity (Wildman–Crippen MR) is 94.5 cm³/mol. The lowest BCUT2D eigenvalue weighted by molar-refractivity contribution is -0.141. The molecule has 0 aromatic carbocycles. The van der Waals surface area contributed by atoms with Crippen LogP contribution in [-0.4, -0.2) is 26.0 Å². The average molecular weight is 366 g/mol. The topological polar surface area (TPSA) is 75.6 Å². The minimum Gasteiger partial charge on any atom is -0.352 e. The molecular formula is C17H21F3N6. The maximum Gasteiger partial charge on any atom is 0.433 e. The van der Waals surface area contributed by atoms with Crippen molar-refractivity contribution in [1.29, 1.82) is 0 Å². The number of hydrogen-bond donors (Lipinski definition) is 2. The van der Waals surface area contributed by atoms with Crippen LogP contribution in [0.15, 0.2) is 30.0 Å². The second kappa shape index (κ2) is 8.11. The second-order valence-corrected chi connectivity index (χ2v) is 5.76. The summed E-state index contributed by atoms with van der Waals surface area (Å²) < 4.78 is 38.8. The van der Waals surface area contributed by atoms with Crippen molar-refractivity contribution in [2.75, 3.05) is 10.6 Å². The number of alkyl halides is 3. The van der Waals surface area contributed by atoms with Crippen molar-refractivity contribution in [2.45, 2.75) is 46.3 Å². The van der Waals surface area contributed by atoms with Gasteiger partial charge in [0.25, 0.3) is 0 Å². The monoisotopic (exact) mass is 366 g/mol. The number of halogens is 3. The molecule has 2 N–H and O–H groups in total. The molecule has 1 atom stereocenters. The standard InChI is InChI=1S/C17H21F3N6/c1-5-10(3)21-15-24-14(25-16(26-15)22-11(4)6-2)12-8-7-9-13(23-12)17(18,19)20/h5,7-9,11H,6H2,1-4H3,(H2,21,22,24,25,26)/b10-5+/t11-/m0/s1. The van der Waals surface area contributed by atoms with Crippen LogP contribution in [-0.2, 0) is 6.18 Å². The van der Waals surface area contributed by atoms with Gasteiger partial charge < -0.3 is 10.6 Å². The van der Waals surface area contributed by atoms with Gasteiger partial charge in [0.2, 0.25) is 11.9 Å². The maximum atomic E-state index is 12.9. The second-order valence-electron chi connectivity index (χ2n) is 5.76. The van der Waals surface area contributed by atoms with Crippen LogP contribution in [0.3, 0.4) is 0 Å². The van der Waals surface area contributed by atoms with Crippen LogP contribution in [0.4, 0.5) is 25.1 Å². The van der Waals surface area contributed by atoms with Gasteiger partial charge in [0.05, 0.1) is 0 Å². The maximum absolute atomic E-state index is 12.9. The Hall–Kier alpha value is -2.71. The Labute approximate surface area is 150 Å². The Morgan fingerprint density at radius 3 is 2.46 bits per heavy atom. The summed E-state index contributed by atoms with van der Waals surface area (Å²) >= 11 is 0. The highest BCUT2D eigenvalue weighted by Gasteiger charge is 2.32. The summed E-state index contributed by atoms with van der Waals surface area (Å²) in [5.41, 5.74) is -0.171. The van der Waals surface area contributed by atoms with Gasteiger partial charge in [0, 0.05) is 11.7 Å². The SMILES string of the molecule is C/C=C(\C)Nc1nc(N[C@@H](C)CC)nc(-c2cccc(C(F)(F)F)n2)n1. The van der Waals surface area contributed by atoms with E-state index in [0.717, 1.165) is 18.2 Å². The van der Waals surface area contributed by atoms with E-state index in [1.807, 2.05) is 33.8 Å². The van der Waals surface area contributed by atoms with Gasteiger partial charge in [-0.3, -0.25) is 0 Å². The highest BCUT2D eigenvalue weighted by atomic mass is 19.4. The smallest absolute Gasteiger partial charge is 0.352 e. The lowest BCUT2D eigenvalue weighted by atomic mass is 10.2. The fourth-order valence-electron chi connectivity index (χ4n) is 1.90. The molecule has 0 aliphatic rings. The molecule has 26 heavy (non-hydrogen) atoms. The molecule has 0 radical (unpaired) electrons. The van der Waals surface area contributed by atoms with Gasteiger partial charge in [0.1, 0.15) is 11.4 Å². The first-order chi connectivity index (χ1) is 12.2. The third kappa shape index (κ3) is 5.14. The first-order valence-corrected chi connectivity index (χ1v) is 8.20. The molecule has 0 saturated heterocycles. The summed E-state index contributed by atoms with van der Waals surface area (Å²) in [5.74, 6) is 0.564. The highest BCUT2D eigenvalue weighted by molar-refractivity contribution is 5.54. The summed E-state index contributed by atoms with van der Waals surface area (Å²) in [7, 11) is 0. The number of hydrogen-bond acceptors (Lipinski definition) is 6. The summed E-state index contributed by atoms with van der Waals surface area (Å²) in [4.78, 5) is 16.3. The van der Waals surface area contributed by atoms with Gasteiger partial charge >= 0.3 is 6.18 Å². The van der Waals surface area contributed by atoms with Gasteiger partial charge in [-0.1, -0.05) is 19.1 Å². The number of pyridine rings is 1. The largest absolute Gasteiger partial charge is 0.433 e. The minimum atomic E-state index is -4.54. The molecule has 2 aromatic rings. The molecule has 0 fully saturated rings. The van der Waals surface area contributed by atoms with E-state index in [-0.39, 0.29) is 29.5 Å². The van der Waals surface area contributed by atoms with E-state index in [4.69, 9.17) is 0 Å². The van der Waals surface area contributed by atoms with Crippen molar-refractivity contribution in [1.82, 2.24) is 19.9 Å². The van der Waals surface area contributed by atoms with Gasteiger partial charge in [-0.25, -0.2) is 4.98 Å². The fraction of sp³-hybridized carbons (Fsp3) is 0.412. The molecule has 0 spiro atoms. The highest BCUT2D eigenvalue weighted by Crippen LogP contribution is 2.29. The summed E-state index contributed by atoms with van der Waals surface area (Å²) in [6.07, 6.45) is -1.88. The molecule has 0 unspecified atom stereocenters. The van der Waals surface area contributed by atoms with E-state index in [1.165, 1.54) is 12.1 Å². The molecule has 140 valence electrons. The zero-order valence-corrected chi connectivity index (χ0v) is 15.0. The molecule has 2 heterocycles. The van der Waals surface area contributed by atoms with Crippen molar-refractivity contribution in [2.24, 2.45) is 0 Å². The Morgan fingerprint density at radius 1 is 1.15 bits per heavy atom. The third-order valence-corrected chi connectivity index (χ3v) is 3.63. The minimum absolute atomic E-state index is 0.0237. The van der Waals surface area contributed by atoms with E-state index < -0.39 is 11.9 Å². The lowest BCUT2D eigenvalue weighted by Crippen LogP contribution is -2.17. The molecule has 6 nitrogen and oxygen atoms in total. The Balaban J connectivity index is 2.49. The van der Waals surface area contributed by atoms with Crippen LogP contribution in [0, 0.1) is 0 Å². The van der Waals surface area contributed by atoms with Crippen molar-refractivity contribution in [3.63, 3.8) is 0 Å². The van der Waals surface area contributed by atoms with Crippen LogP contribution in [0.25, 0.3) is 11.5 Å². The van der Waals surface area contributed by atoms with Crippen LogP contribution >= 0.6 is 0 Å². The van der Waals surface area contributed by atoms with Crippen molar-refractivity contribution in [3.8, 4) is 11.5 Å². The van der Waals surface area contributed by atoms with Gasteiger partial charge in [-0.15, -0.1) is 0 Å². The van der Waals surface area contributed by atoms with E-state index in [0.29, 0.717) is 0 Å².